The molecule has 0 radical (unpaired) electrons. The SMILES string of the molecule is C=CCNC(=O)[C@]1(Cc2ccccc2-c2ccncc2)CCCN(C(=O)[C@H]2CC23CCC3)C1. The quantitative estimate of drug-likeness (QED) is 0.646. The van der Waals surface area contributed by atoms with Crippen LogP contribution in [0.4, 0.5) is 0 Å². The second-order valence-electron chi connectivity index (χ2n) is 10.2. The van der Waals surface area contributed by atoms with Crippen molar-refractivity contribution in [1.29, 1.82) is 0 Å². The van der Waals surface area contributed by atoms with Gasteiger partial charge in [-0.2, -0.15) is 0 Å². The Bertz CT molecular complexity index is 1050. The fraction of sp³-hybridized carbons (Fsp3) is 0.464. The summed E-state index contributed by atoms with van der Waals surface area (Å²) in [5.41, 5.74) is 3.01. The third-order valence-corrected chi connectivity index (χ3v) is 8.15. The van der Waals surface area contributed by atoms with Gasteiger partial charge >= 0.3 is 0 Å². The van der Waals surface area contributed by atoms with E-state index in [2.05, 4.69) is 29.0 Å². The summed E-state index contributed by atoms with van der Waals surface area (Å²) in [7, 11) is 0. The molecule has 2 aliphatic carbocycles. The average Bonchev–Trinajstić information content (AvgIpc) is 3.60. The predicted molar refractivity (Wildman–Crippen MR) is 129 cm³/mol. The number of benzene rings is 1. The van der Waals surface area contributed by atoms with Crippen LogP contribution in [-0.2, 0) is 16.0 Å². The number of piperidine rings is 1. The lowest BCUT2D eigenvalue weighted by atomic mass is 9.72. The van der Waals surface area contributed by atoms with Crippen LogP contribution in [0.3, 0.4) is 0 Å². The summed E-state index contributed by atoms with van der Waals surface area (Å²) in [5, 5.41) is 3.06. The van der Waals surface area contributed by atoms with Gasteiger partial charge < -0.3 is 10.2 Å². The molecule has 1 aliphatic heterocycles. The minimum Gasteiger partial charge on any atom is -0.352 e. The lowest BCUT2D eigenvalue weighted by Crippen LogP contribution is -2.55. The van der Waals surface area contributed by atoms with Crippen molar-refractivity contribution in [1.82, 2.24) is 15.2 Å². The highest BCUT2D eigenvalue weighted by Crippen LogP contribution is 2.66. The van der Waals surface area contributed by atoms with Gasteiger partial charge in [-0.05, 0) is 72.8 Å². The van der Waals surface area contributed by atoms with Crippen molar-refractivity contribution in [2.75, 3.05) is 19.6 Å². The molecule has 1 N–H and O–H groups in total. The Kier molecular flexibility index (Phi) is 5.81. The number of likely N-dealkylation sites (tertiary alicyclic amines) is 1. The Morgan fingerprint density at radius 3 is 2.61 bits per heavy atom. The van der Waals surface area contributed by atoms with Crippen LogP contribution in [0.15, 0.2) is 61.4 Å². The number of hydrogen-bond acceptors (Lipinski definition) is 3. The maximum Gasteiger partial charge on any atom is 0.228 e. The van der Waals surface area contributed by atoms with E-state index < -0.39 is 5.41 Å². The summed E-state index contributed by atoms with van der Waals surface area (Å²) in [5.74, 6) is 0.485. The third-order valence-electron chi connectivity index (χ3n) is 8.15. The monoisotopic (exact) mass is 443 g/mol. The molecule has 2 amide bonds. The van der Waals surface area contributed by atoms with E-state index in [-0.39, 0.29) is 17.7 Å². The molecule has 3 fully saturated rings. The minimum atomic E-state index is -0.637. The van der Waals surface area contributed by atoms with Gasteiger partial charge in [0.1, 0.15) is 0 Å². The first-order valence-corrected chi connectivity index (χ1v) is 12.2. The number of pyridine rings is 1. The van der Waals surface area contributed by atoms with Crippen molar-refractivity contribution >= 4 is 11.8 Å². The normalized spacial score (nSPS) is 25.2. The first-order valence-electron chi connectivity index (χ1n) is 12.2. The Hall–Kier alpha value is -2.95. The van der Waals surface area contributed by atoms with Gasteiger partial charge in [-0.1, -0.05) is 36.8 Å². The Balaban J connectivity index is 1.43. The van der Waals surface area contributed by atoms with E-state index in [0.29, 0.717) is 24.9 Å². The van der Waals surface area contributed by atoms with Crippen molar-refractivity contribution in [3.8, 4) is 11.1 Å². The van der Waals surface area contributed by atoms with Gasteiger partial charge in [0.2, 0.25) is 11.8 Å². The number of rotatable bonds is 7. The van der Waals surface area contributed by atoms with Crippen LogP contribution in [0.2, 0.25) is 0 Å². The molecule has 2 atom stereocenters. The van der Waals surface area contributed by atoms with E-state index in [0.717, 1.165) is 42.5 Å². The second-order valence-corrected chi connectivity index (χ2v) is 10.2. The van der Waals surface area contributed by atoms with Crippen molar-refractivity contribution in [3.05, 3.63) is 67.0 Å². The summed E-state index contributed by atoms with van der Waals surface area (Å²) < 4.78 is 0. The lowest BCUT2D eigenvalue weighted by molar-refractivity contribution is -0.143. The first-order chi connectivity index (χ1) is 16.1. The fourth-order valence-electron chi connectivity index (χ4n) is 6.03. The van der Waals surface area contributed by atoms with Gasteiger partial charge in [0.05, 0.1) is 5.41 Å². The molecule has 5 nitrogen and oxygen atoms in total. The molecular formula is C28H33N3O2. The Morgan fingerprint density at radius 1 is 1.12 bits per heavy atom. The third kappa shape index (κ3) is 4.09. The maximum absolute atomic E-state index is 13.6. The summed E-state index contributed by atoms with van der Waals surface area (Å²) in [4.78, 5) is 33.1. The summed E-state index contributed by atoms with van der Waals surface area (Å²) in [6.45, 7) is 5.45. The van der Waals surface area contributed by atoms with E-state index in [1.165, 1.54) is 19.3 Å². The molecule has 1 aromatic carbocycles. The number of nitrogens with zero attached hydrogens (tertiary/aromatic N) is 2. The average molecular weight is 444 g/mol. The van der Waals surface area contributed by atoms with Crippen LogP contribution in [-0.4, -0.2) is 41.3 Å². The molecule has 172 valence electrons. The highest BCUT2D eigenvalue weighted by atomic mass is 16.2. The van der Waals surface area contributed by atoms with Gasteiger partial charge in [-0.25, -0.2) is 0 Å². The van der Waals surface area contributed by atoms with Crippen LogP contribution < -0.4 is 5.32 Å². The van der Waals surface area contributed by atoms with Gasteiger partial charge in [-0.3, -0.25) is 14.6 Å². The lowest BCUT2D eigenvalue weighted by Gasteiger charge is -2.42. The van der Waals surface area contributed by atoms with E-state index in [9.17, 15) is 9.59 Å². The molecule has 5 heteroatoms. The molecular weight excluding hydrogens is 410 g/mol. The highest BCUT2D eigenvalue weighted by molar-refractivity contribution is 5.87. The molecule has 2 aromatic rings. The molecule has 33 heavy (non-hydrogen) atoms. The second kappa shape index (κ2) is 8.77. The standard InChI is InChI=1S/C28H33N3O2/c1-2-14-30-26(33)28(18-22-7-3-4-8-23(22)21-9-15-29-16-10-21)13-6-17-31(20-28)25(32)24-19-27(24)11-5-12-27/h2-4,7-10,15-16,24H,1,5-6,11-14,17-20H2,(H,30,33)/t24-,28+/m1/s1. The molecule has 1 saturated heterocycles. The van der Waals surface area contributed by atoms with E-state index in [4.69, 9.17) is 0 Å². The summed E-state index contributed by atoms with van der Waals surface area (Å²) in [6, 6.07) is 12.3. The fourth-order valence-corrected chi connectivity index (χ4v) is 6.03. The first kappa shape index (κ1) is 21.9. The van der Waals surface area contributed by atoms with Gasteiger partial charge in [0.25, 0.3) is 0 Å². The number of carbonyl (C=O) groups excluding carboxylic acids is 2. The van der Waals surface area contributed by atoms with Crippen LogP contribution in [0, 0.1) is 16.7 Å². The van der Waals surface area contributed by atoms with Crippen LogP contribution in [0.5, 0.6) is 0 Å². The highest BCUT2D eigenvalue weighted by Gasteiger charge is 2.62. The number of carbonyl (C=O) groups is 2. The molecule has 0 unspecified atom stereocenters. The van der Waals surface area contributed by atoms with E-state index >= 15 is 0 Å². The van der Waals surface area contributed by atoms with Crippen LogP contribution in [0.1, 0.15) is 44.1 Å². The molecule has 3 aliphatic rings. The van der Waals surface area contributed by atoms with Crippen molar-refractivity contribution < 1.29 is 9.59 Å². The molecule has 2 heterocycles. The summed E-state index contributed by atoms with van der Waals surface area (Å²) in [6.07, 6.45) is 12.2. The zero-order chi connectivity index (χ0) is 22.9. The minimum absolute atomic E-state index is 0.0265. The molecule has 0 bridgehead atoms. The Labute approximate surface area is 196 Å². The van der Waals surface area contributed by atoms with Crippen LogP contribution >= 0.6 is 0 Å². The topological polar surface area (TPSA) is 62.3 Å². The number of hydrogen-bond donors (Lipinski definition) is 1. The zero-order valence-electron chi connectivity index (χ0n) is 19.3. The van der Waals surface area contributed by atoms with Crippen LogP contribution in [0.25, 0.3) is 11.1 Å². The number of aromatic nitrogens is 1. The zero-order valence-corrected chi connectivity index (χ0v) is 19.3. The molecule has 5 rings (SSSR count). The molecule has 1 aromatic heterocycles. The summed E-state index contributed by atoms with van der Waals surface area (Å²) >= 11 is 0. The molecule has 2 saturated carbocycles. The largest absolute Gasteiger partial charge is 0.352 e. The smallest absolute Gasteiger partial charge is 0.228 e. The maximum atomic E-state index is 13.6. The van der Waals surface area contributed by atoms with Crippen molar-refractivity contribution in [2.45, 2.75) is 44.9 Å². The van der Waals surface area contributed by atoms with E-state index in [1.54, 1.807) is 18.5 Å². The van der Waals surface area contributed by atoms with Gasteiger partial charge in [-0.15, -0.1) is 6.58 Å². The van der Waals surface area contributed by atoms with Crippen molar-refractivity contribution in [2.24, 2.45) is 16.7 Å². The Morgan fingerprint density at radius 2 is 1.91 bits per heavy atom. The van der Waals surface area contributed by atoms with Gasteiger partial charge in [0.15, 0.2) is 0 Å². The van der Waals surface area contributed by atoms with Crippen molar-refractivity contribution in [3.63, 3.8) is 0 Å². The molecule has 1 spiro atoms. The number of amides is 2. The predicted octanol–water partition coefficient (Wildman–Crippen LogP) is 4.39. The number of nitrogens with one attached hydrogen (secondary N) is 1. The van der Waals surface area contributed by atoms with E-state index in [1.807, 2.05) is 29.2 Å². The van der Waals surface area contributed by atoms with Gasteiger partial charge in [0, 0.05) is 37.9 Å².